The summed E-state index contributed by atoms with van der Waals surface area (Å²) in [6.45, 7) is 0. The molecule has 0 aliphatic heterocycles. The number of hydrogen-bond acceptors (Lipinski definition) is 4. The first-order valence-corrected chi connectivity index (χ1v) is 5.67. The highest BCUT2D eigenvalue weighted by atomic mass is 32.1. The van der Waals surface area contributed by atoms with Gasteiger partial charge in [-0.05, 0) is 25.0 Å². The van der Waals surface area contributed by atoms with E-state index >= 15 is 0 Å². The van der Waals surface area contributed by atoms with E-state index < -0.39 is 0 Å². The minimum absolute atomic E-state index is 0.0917. The molecule has 1 aliphatic carbocycles. The van der Waals surface area contributed by atoms with E-state index in [4.69, 9.17) is 0 Å². The number of nitrogens with zero attached hydrogens (tertiary/aromatic N) is 2. The first-order chi connectivity index (χ1) is 7.33. The van der Waals surface area contributed by atoms with Crippen molar-refractivity contribution >= 4 is 32.7 Å². The Morgan fingerprint density at radius 3 is 3.13 bits per heavy atom. The van der Waals surface area contributed by atoms with E-state index in [1.807, 2.05) is 12.1 Å². The maximum atomic E-state index is 11.5. The number of thiazole rings is 1. The summed E-state index contributed by atoms with van der Waals surface area (Å²) in [6.07, 6.45) is 3.75. The van der Waals surface area contributed by atoms with Crippen molar-refractivity contribution in [3.05, 3.63) is 18.3 Å². The minimum atomic E-state index is 0.0917. The van der Waals surface area contributed by atoms with Gasteiger partial charge in [0.05, 0.1) is 0 Å². The maximum absolute atomic E-state index is 11.5. The van der Waals surface area contributed by atoms with Crippen LogP contribution in [-0.4, -0.2) is 15.9 Å². The molecule has 1 saturated carbocycles. The fourth-order valence-corrected chi connectivity index (χ4v) is 2.19. The fourth-order valence-electron chi connectivity index (χ4n) is 1.38. The fraction of sp³-hybridized carbons (Fsp3) is 0.300. The number of fused-ring (bicyclic) bond motifs is 1. The summed E-state index contributed by atoms with van der Waals surface area (Å²) in [5, 5.41) is 3.48. The van der Waals surface area contributed by atoms with Crippen LogP contribution in [0.25, 0.3) is 10.3 Å². The van der Waals surface area contributed by atoms with Gasteiger partial charge in [-0.3, -0.25) is 4.79 Å². The topological polar surface area (TPSA) is 54.9 Å². The Labute approximate surface area is 90.4 Å². The Hall–Kier alpha value is -1.49. The Morgan fingerprint density at radius 1 is 1.53 bits per heavy atom. The molecule has 0 bridgehead atoms. The van der Waals surface area contributed by atoms with E-state index in [0.717, 1.165) is 23.2 Å². The molecular formula is C10H9N3OS. The van der Waals surface area contributed by atoms with Crippen LogP contribution >= 0.6 is 11.3 Å². The van der Waals surface area contributed by atoms with Gasteiger partial charge in [0, 0.05) is 12.1 Å². The van der Waals surface area contributed by atoms with Crippen molar-refractivity contribution in [3.63, 3.8) is 0 Å². The second-order valence-electron chi connectivity index (χ2n) is 3.61. The average molecular weight is 219 g/mol. The molecule has 3 rings (SSSR count). The predicted octanol–water partition coefficient (Wildman–Crippen LogP) is 2.04. The van der Waals surface area contributed by atoms with Crippen LogP contribution in [0.5, 0.6) is 0 Å². The van der Waals surface area contributed by atoms with Crippen molar-refractivity contribution < 1.29 is 4.79 Å². The molecule has 0 radical (unpaired) electrons. The molecule has 2 heterocycles. The second-order valence-corrected chi connectivity index (χ2v) is 4.59. The minimum Gasteiger partial charge on any atom is -0.302 e. The Bertz CT molecular complexity index is 485. The van der Waals surface area contributed by atoms with Crippen molar-refractivity contribution in [1.82, 2.24) is 9.97 Å². The number of nitrogens with one attached hydrogen (secondary N) is 1. The van der Waals surface area contributed by atoms with E-state index in [0.29, 0.717) is 5.13 Å². The molecule has 5 heteroatoms. The van der Waals surface area contributed by atoms with Gasteiger partial charge in [0.2, 0.25) is 5.91 Å². The number of amides is 1. The van der Waals surface area contributed by atoms with Crippen molar-refractivity contribution in [3.8, 4) is 0 Å². The molecule has 1 N–H and O–H groups in total. The first kappa shape index (κ1) is 8.79. The van der Waals surface area contributed by atoms with Gasteiger partial charge in [0.1, 0.15) is 10.3 Å². The SMILES string of the molecule is O=C(Nc1nc2cccnc2s1)C1CC1. The number of aromatic nitrogens is 2. The van der Waals surface area contributed by atoms with Gasteiger partial charge < -0.3 is 5.32 Å². The molecule has 15 heavy (non-hydrogen) atoms. The molecule has 1 amide bonds. The third-order valence-corrected chi connectivity index (χ3v) is 3.24. The number of anilines is 1. The third kappa shape index (κ3) is 1.70. The number of carbonyl (C=O) groups excluding carboxylic acids is 1. The van der Waals surface area contributed by atoms with Crippen LogP contribution < -0.4 is 5.32 Å². The molecular weight excluding hydrogens is 210 g/mol. The van der Waals surface area contributed by atoms with E-state index in [2.05, 4.69) is 15.3 Å². The highest BCUT2D eigenvalue weighted by molar-refractivity contribution is 7.21. The number of pyridine rings is 1. The lowest BCUT2D eigenvalue weighted by atomic mass is 10.4. The van der Waals surface area contributed by atoms with Crippen LogP contribution in [0, 0.1) is 5.92 Å². The monoisotopic (exact) mass is 219 g/mol. The largest absolute Gasteiger partial charge is 0.302 e. The van der Waals surface area contributed by atoms with Gasteiger partial charge >= 0.3 is 0 Å². The van der Waals surface area contributed by atoms with Crippen molar-refractivity contribution in [2.45, 2.75) is 12.8 Å². The van der Waals surface area contributed by atoms with Crippen molar-refractivity contribution in [2.24, 2.45) is 5.92 Å². The quantitative estimate of drug-likeness (QED) is 0.840. The number of rotatable bonds is 2. The zero-order chi connectivity index (χ0) is 10.3. The molecule has 76 valence electrons. The molecule has 1 aliphatic rings. The van der Waals surface area contributed by atoms with Gasteiger partial charge in [-0.2, -0.15) is 0 Å². The summed E-state index contributed by atoms with van der Waals surface area (Å²) >= 11 is 1.42. The zero-order valence-electron chi connectivity index (χ0n) is 7.93. The van der Waals surface area contributed by atoms with Crippen LogP contribution in [0.1, 0.15) is 12.8 Å². The van der Waals surface area contributed by atoms with Crippen LogP contribution in [-0.2, 0) is 4.79 Å². The molecule has 4 nitrogen and oxygen atoms in total. The van der Waals surface area contributed by atoms with E-state index in [1.165, 1.54) is 11.3 Å². The summed E-state index contributed by atoms with van der Waals surface area (Å²) < 4.78 is 0. The lowest BCUT2D eigenvalue weighted by Gasteiger charge is -1.96. The zero-order valence-corrected chi connectivity index (χ0v) is 8.75. The Balaban J connectivity index is 1.87. The molecule has 2 aromatic rings. The smallest absolute Gasteiger partial charge is 0.229 e. The van der Waals surface area contributed by atoms with Crippen molar-refractivity contribution in [1.29, 1.82) is 0 Å². The van der Waals surface area contributed by atoms with Crippen LogP contribution in [0.2, 0.25) is 0 Å². The molecule has 0 spiro atoms. The summed E-state index contributed by atoms with van der Waals surface area (Å²) in [5.74, 6) is 0.305. The van der Waals surface area contributed by atoms with Gasteiger partial charge in [0.15, 0.2) is 5.13 Å². The summed E-state index contributed by atoms with van der Waals surface area (Å²) in [5.41, 5.74) is 0.841. The van der Waals surface area contributed by atoms with Gasteiger partial charge in [-0.15, -0.1) is 0 Å². The molecule has 0 unspecified atom stereocenters. The van der Waals surface area contributed by atoms with E-state index in [1.54, 1.807) is 6.20 Å². The third-order valence-electron chi connectivity index (χ3n) is 2.34. The van der Waals surface area contributed by atoms with Crippen molar-refractivity contribution in [2.75, 3.05) is 5.32 Å². The second kappa shape index (κ2) is 3.27. The number of hydrogen-bond donors (Lipinski definition) is 1. The van der Waals surface area contributed by atoms with Crippen LogP contribution in [0.3, 0.4) is 0 Å². The molecule has 1 fully saturated rings. The van der Waals surface area contributed by atoms with Crippen LogP contribution in [0.15, 0.2) is 18.3 Å². The molecule has 0 atom stereocenters. The summed E-state index contributed by atoms with van der Waals surface area (Å²) in [6, 6.07) is 3.74. The lowest BCUT2D eigenvalue weighted by molar-refractivity contribution is -0.117. The van der Waals surface area contributed by atoms with E-state index in [-0.39, 0.29) is 11.8 Å². The summed E-state index contributed by atoms with van der Waals surface area (Å²) in [7, 11) is 0. The van der Waals surface area contributed by atoms with Gasteiger partial charge in [-0.25, -0.2) is 9.97 Å². The average Bonchev–Trinajstić information content (AvgIpc) is 2.99. The Kier molecular flexibility index (Phi) is 1.92. The summed E-state index contributed by atoms with van der Waals surface area (Å²) in [4.78, 5) is 20.8. The highest BCUT2D eigenvalue weighted by Crippen LogP contribution is 2.31. The maximum Gasteiger partial charge on any atom is 0.229 e. The molecule has 2 aromatic heterocycles. The first-order valence-electron chi connectivity index (χ1n) is 4.85. The molecule has 0 aromatic carbocycles. The normalized spacial score (nSPS) is 15.5. The lowest BCUT2D eigenvalue weighted by Crippen LogP contribution is -2.12. The van der Waals surface area contributed by atoms with Gasteiger partial charge in [0.25, 0.3) is 0 Å². The molecule has 0 saturated heterocycles. The number of carbonyl (C=O) groups is 1. The van der Waals surface area contributed by atoms with Crippen LogP contribution in [0.4, 0.5) is 5.13 Å². The predicted molar refractivity (Wildman–Crippen MR) is 58.8 cm³/mol. The highest BCUT2D eigenvalue weighted by Gasteiger charge is 2.30. The van der Waals surface area contributed by atoms with E-state index in [9.17, 15) is 4.79 Å². The Morgan fingerprint density at radius 2 is 2.40 bits per heavy atom. The standard InChI is InChI=1S/C10H9N3OS/c14-8(6-3-4-6)13-10-12-7-2-1-5-11-9(7)15-10/h1-2,5-6H,3-4H2,(H,12,13,14). The van der Waals surface area contributed by atoms with Gasteiger partial charge in [-0.1, -0.05) is 11.3 Å².